The number of fused-ring (bicyclic) bond motifs is 1. The predicted molar refractivity (Wildman–Crippen MR) is 105 cm³/mol. The Bertz CT molecular complexity index is 860. The molecule has 7 heteroatoms. The summed E-state index contributed by atoms with van der Waals surface area (Å²) in [6.45, 7) is 1.80. The molecule has 140 valence electrons. The maximum absolute atomic E-state index is 13.1. The summed E-state index contributed by atoms with van der Waals surface area (Å²) in [6, 6.07) is 17.9. The van der Waals surface area contributed by atoms with Crippen molar-refractivity contribution >= 4 is 22.6 Å². The van der Waals surface area contributed by atoms with Gasteiger partial charge in [0.25, 0.3) is 10.2 Å². The number of halogens is 1. The summed E-state index contributed by atoms with van der Waals surface area (Å²) in [5.41, 5.74) is 9.73. The maximum Gasteiger partial charge on any atom is 0.282 e. The van der Waals surface area contributed by atoms with Gasteiger partial charge in [-0.05, 0) is 23.1 Å². The molecule has 0 unspecified atom stereocenters. The molecule has 2 atom stereocenters. The van der Waals surface area contributed by atoms with Crippen LogP contribution in [-0.4, -0.2) is 42.7 Å². The van der Waals surface area contributed by atoms with E-state index in [1.165, 1.54) is 5.56 Å². The molecule has 2 aliphatic rings. The molecule has 1 fully saturated rings. The third kappa shape index (κ3) is 3.52. The molecule has 2 N–H and O–H groups in total. The van der Waals surface area contributed by atoms with Crippen molar-refractivity contribution in [3.8, 4) is 0 Å². The normalized spacial score (nSPS) is 24.0. The molecule has 5 nitrogen and oxygen atoms in total. The second-order valence-corrected chi connectivity index (χ2v) is 8.79. The van der Waals surface area contributed by atoms with Crippen LogP contribution in [0.2, 0.25) is 0 Å². The SMILES string of the molecule is Cl.N[C@@H]1CN(S(=O)(=O)N2CCc3ccccc3C2)C[C@H]1c1ccccc1. The molecule has 0 bridgehead atoms. The topological polar surface area (TPSA) is 66.6 Å². The molecular weight excluding hydrogens is 370 g/mol. The predicted octanol–water partition coefficient (Wildman–Crippen LogP) is 2.14. The highest BCUT2D eigenvalue weighted by Crippen LogP contribution is 2.30. The van der Waals surface area contributed by atoms with Crippen LogP contribution in [0.1, 0.15) is 22.6 Å². The Morgan fingerprint density at radius 1 is 0.885 bits per heavy atom. The molecule has 0 aliphatic carbocycles. The number of nitrogens with two attached hydrogens (primary N) is 1. The number of nitrogens with zero attached hydrogens (tertiary/aromatic N) is 2. The van der Waals surface area contributed by atoms with Crippen molar-refractivity contribution in [2.75, 3.05) is 19.6 Å². The molecule has 2 heterocycles. The molecule has 0 aromatic heterocycles. The molecule has 0 radical (unpaired) electrons. The van der Waals surface area contributed by atoms with Gasteiger partial charge in [-0.3, -0.25) is 0 Å². The van der Waals surface area contributed by atoms with Gasteiger partial charge in [0, 0.05) is 38.1 Å². The van der Waals surface area contributed by atoms with E-state index in [1.54, 1.807) is 8.61 Å². The van der Waals surface area contributed by atoms with Crippen LogP contribution in [0.4, 0.5) is 0 Å². The summed E-state index contributed by atoms with van der Waals surface area (Å²) in [4.78, 5) is 0. The molecule has 26 heavy (non-hydrogen) atoms. The van der Waals surface area contributed by atoms with E-state index in [-0.39, 0.29) is 24.4 Å². The highest BCUT2D eigenvalue weighted by Gasteiger charge is 2.40. The molecule has 0 amide bonds. The lowest BCUT2D eigenvalue weighted by Gasteiger charge is -2.31. The molecule has 0 saturated carbocycles. The Labute approximate surface area is 161 Å². The van der Waals surface area contributed by atoms with Crippen molar-refractivity contribution in [1.29, 1.82) is 0 Å². The second-order valence-electron chi connectivity index (χ2n) is 6.86. The van der Waals surface area contributed by atoms with Crippen LogP contribution < -0.4 is 5.73 Å². The summed E-state index contributed by atoms with van der Waals surface area (Å²) < 4.78 is 29.4. The lowest BCUT2D eigenvalue weighted by atomic mass is 9.95. The largest absolute Gasteiger partial charge is 0.326 e. The van der Waals surface area contributed by atoms with Crippen molar-refractivity contribution in [3.05, 3.63) is 71.3 Å². The van der Waals surface area contributed by atoms with Gasteiger partial charge in [-0.15, -0.1) is 12.4 Å². The Morgan fingerprint density at radius 3 is 2.27 bits per heavy atom. The fraction of sp³-hybridized carbons (Fsp3) is 0.368. The summed E-state index contributed by atoms with van der Waals surface area (Å²) >= 11 is 0. The van der Waals surface area contributed by atoms with Crippen LogP contribution in [0, 0.1) is 0 Å². The maximum atomic E-state index is 13.1. The monoisotopic (exact) mass is 393 g/mol. The van der Waals surface area contributed by atoms with E-state index in [2.05, 4.69) is 6.07 Å². The first-order valence-electron chi connectivity index (χ1n) is 8.68. The number of hydrogen-bond donors (Lipinski definition) is 1. The van der Waals surface area contributed by atoms with Gasteiger partial charge in [0.05, 0.1) is 0 Å². The van der Waals surface area contributed by atoms with Crippen LogP contribution in [0.15, 0.2) is 54.6 Å². The standard InChI is InChI=1S/C19H23N3O2S.ClH/c20-19-14-22(13-18(19)16-7-2-1-3-8-16)25(23,24)21-11-10-15-6-4-5-9-17(15)12-21;/h1-9,18-19H,10-14,20H2;1H/t18-,19+;/m0./s1. The van der Waals surface area contributed by atoms with E-state index in [0.717, 1.165) is 17.5 Å². The van der Waals surface area contributed by atoms with Gasteiger partial charge < -0.3 is 5.73 Å². The fourth-order valence-corrected chi connectivity index (χ4v) is 5.52. The van der Waals surface area contributed by atoms with Crippen LogP contribution in [0.5, 0.6) is 0 Å². The minimum absolute atomic E-state index is 0. The molecule has 4 rings (SSSR count). The van der Waals surface area contributed by atoms with E-state index >= 15 is 0 Å². The molecular formula is C19H24ClN3O2S. The molecule has 1 saturated heterocycles. The van der Waals surface area contributed by atoms with Crippen LogP contribution in [0.3, 0.4) is 0 Å². The smallest absolute Gasteiger partial charge is 0.282 e. The lowest BCUT2D eigenvalue weighted by Crippen LogP contribution is -2.45. The van der Waals surface area contributed by atoms with E-state index in [4.69, 9.17) is 5.73 Å². The van der Waals surface area contributed by atoms with E-state index in [0.29, 0.717) is 26.2 Å². The van der Waals surface area contributed by atoms with Gasteiger partial charge in [-0.2, -0.15) is 17.0 Å². The highest BCUT2D eigenvalue weighted by molar-refractivity contribution is 7.86. The van der Waals surface area contributed by atoms with Crippen molar-refractivity contribution in [2.24, 2.45) is 5.73 Å². The number of hydrogen-bond acceptors (Lipinski definition) is 3. The zero-order valence-corrected chi connectivity index (χ0v) is 16.1. The Hall–Kier alpha value is -1.44. The highest BCUT2D eigenvalue weighted by atomic mass is 35.5. The molecule has 2 aromatic carbocycles. The fourth-order valence-electron chi connectivity index (χ4n) is 3.86. The third-order valence-electron chi connectivity index (χ3n) is 5.31. The second kappa shape index (κ2) is 7.66. The third-order valence-corrected chi connectivity index (χ3v) is 7.22. The Balaban J connectivity index is 0.00000196. The lowest BCUT2D eigenvalue weighted by molar-refractivity contribution is 0.343. The van der Waals surface area contributed by atoms with Crippen LogP contribution in [0.25, 0.3) is 0 Å². The molecule has 2 aromatic rings. The summed E-state index contributed by atoms with van der Waals surface area (Å²) in [6.07, 6.45) is 0.761. The number of benzene rings is 2. The average Bonchev–Trinajstić information content (AvgIpc) is 3.04. The van der Waals surface area contributed by atoms with Crippen molar-refractivity contribution < 1.29 is 8.42 Å². The van der Waals surface area contributed by atoms with E-state index < -0.39 is 10.2 Å². The number of rotatable bonds is 3. The van der Waals surface area contributed by atoms with Crippen molar-refractivity contribution in [1.82, 2.24) is 8.61 Å². The first-order chi connectivity index (χ1) is 12.1. The first kappa shape index (κ1) is 19.3. The summed E-state index contributed by atoms with van der Waals surface area (Å²) in [5, 5.41) is 0. The van der Waals surface area contributed by atoms with Crippen LogP contribution >= 0.6 is 12.4 Å². The zero-order valence-electron chi connectivity index (χ0n) is 14.5. The van der Waals surface area contributed by atoms with E-state index in [9.17, 15) is 8.42 Å². The quantitative estimate of drug-likeness (QED) is 0.868. The van der Waals surface area contributed by atoms with Gasteiger partial charge in [-0.1, -0.05) is 54.6 Å². The summed E-state index contributed by atoms with van der Waals surface area (Å²) in [5.74, 6) is 0.0491. The van der Waals surface area contributed by atoms with Gasteiger partial charge in [0.2, 0.25) is 0 Å². The van der Waals surface area contributed by atoms with Crippen molar-refractivity contribution in [2.45, 2.75) is 24.9 Å². The Kier molecular flexibility index (Phi) is 5.69. The van der Waals surface area contributed by atoms with Gasteiger partial charge >= 0.3 is 0 Å². The zero-order chi connectivity index (χ0) is 17.4. The van der Waals surface area contributed by atoms with Crippen LogP contribution in [-0.2, 0) is 23.2 Å². The minimum atomic E-state index is -3.49. The summed E-state index contributed by atoms with van der Waals surface area (Å²) in [7, 11) is -3.49. The molecule has 0 spiro atoms. The van der Waals surface area contributed by atoms with Gasteiger partial charge in [-0.25, -0.2) is 0 Å². The minimum Gasteiger partial charge on any atom is -0.326 e. The first-order valence-corrected chi connectivity index (χ1v) is 10.1. The van der Waals surface area contributed by atoms with Gasteiger partial charge in [0.1, 0.15) is 0 Å². The van der Waals surface area contributed by atoms with Gasteiger partial charge in [0.15, 0.2) is 0 Å². The average molecular weight is 394 g/mol. The molecule has 2 aliphatic heterocycles. The van der Waals surface area contributed by atoms with E-state index in [1.807, 2.05) is 48.5 Å². The van der Waals surface area contributed by atoms with Crippen molar-refractivity contribution in [3.63, 3.8) is 0 Å². The Morgan fingerprint density at radius 2 is 1.54 bits per heavy atom.